The minimum Gasteiger partial charge on any atom is -0.329 e. The Morgan fingerprint density at radius 2 is 1.50 bits per heavy atom. The fraction of sp³-hybridized carbons (Fsp3) is 0.938. The first-order valence-corrected chi connectivity index (χ1v) is 7.82. The van der Waals surface area contributed by atoms with Crippen LogP contribution >= 0.6 is 0 Å². The molecule has 2 fully saturated rings. The summed E-state index contributed by atoms with van der Waals surface area (Å²) in [6, 6.07) is 0. The SMILES string of the molecule is CC1CCC(C(=O)C2(CN)CCC(C)CC2)CC1. The van der Waals surface area contributed by atoms with E-state index >= 15 is 0 Å². The summed E-state index contributed by atoms with van der Waals surface area (Å²) in [4.78, 5) is 12.8. The predicted molar refractivity (Wildman–Crippen MR) is 75.2 cm³/mol. The average molecular weight is 251 g/mol. The molecule has 2 heteroatoms. The molecule has 2 nitrogen and oxygen atoms in total. The van der Waals surface area contributed by atoms with Crippen LogP contribution in [0.5, 0.6) is 0 Å². The summed E-state index contributed by atoms with van der Waals surface area (Å²) in [7, 11) is 0. The molecule has 0 amide bonds. The van der Waals surface area contributed by atoms with Gasteiger partial charge in [-0.25, -0.2) is 0 Å². The fourth-order valence-electron chi connectivity index (χ4n) is 3.82. The molecule has 0 aromatic carbocycles. The van der Waals surface area contributed by atoms with Crippen molar-refractivity contribution in [2.75, 3.05) is 6.54 Å². The van der Waals surface area contributed by atoms with E-state index in [1.54, 1.807) is 0 Å². The second-order valence-electron chi connectivity index (χ2n) is 6.99. The van der Waals surface area contributed by atoms with Gasteiger partial charge in [-0.1, -0.05) is 26.7 Å². The van der Waals surface area contributed by atoms with E-state index < -0.39 is 0 Å². The highest BCUT2D eigenvalue weighted by Crippen LogP contribution is 2.43. The van der Waals surface area contributed by atoms with Crippen LogP contribution in [0, 0.1) is 23.2 Å². The standard InChI is InChI=1S/C16H29NO/c1-12-3-5-14(6-4-12)15(18)16(11-17)9-7-13(2)8-10-16/h12-14H,3-11,17H2,1-2H3. The number of carbonyl (C=O) groups excluding carboxylic acids is 1. The normalized spacial score (nSPS) is 41.6. The first-order valence-electron chi connectivity index (χ1n) is 7.82. The zero-order valence-electron chi connectivity index (χ0n) is 12.1. The van der Waals surface area contributed by atoms with E-state index in [1.807, 2.05) is 0 Å². The summed E-state index contributed by atoms with van der Waals surface area (Å²) in [6.07, 6.45) is 9.12. The van der Waals surface area contributed by atoms with Crippen molar-refractivity contribution in [3.8, 4) is 0 Å². The molecule has 0 unspecified atom stereocenters. The molecule has 0 heterocycles. The Hall–Kier alpha value is -0.370. The van der Waals surface area contributed by atoms with Gasteiger partial charge in [0, 0.05) is 17.9 Å². The second-order valence-corrected chi connectivity index (χ2v) is 6.99. The number of hydrogen-bond donors (Lipinski definition) is 1. The molecule has 0 aromatic heterocycles. The second kappa shape index (κ2) is 5.73. The Labute approximate surface area is 112 Å². The maximum absolute atomic E-state index is 12.8. The van der Waals surface area contributed by atoms with Crippen molar-refractivity contribution in [1.82, 2.24) is 0 Å². The van der Waals surface area contributed by atoms with Crippen LogP contribution in [0.3, 0.4) is 0 Å². The zero-order valence-corrected chi connectivity index (χ0v) is 12.1. The van der Waals surface area contributed by atoms with Crippen molar-refractivity contribution in [1.29, 1.82) is 0 Å². The van der Waals surface area contributed by atoms with E-state index in [4.69, 9.17) is 5.73 Å². The van der Waals surface area contributed by atoms with E-state index in [2.05, 4.69) is 13.8 Å². The lowest BCUT2D eigenvalue weighted by Crippen LogP contribution is -2.45. The molecular weight excluding hydrogens is 222 g/mol. The first kappa shape index (κ1) is 14.0. The number of ketones is 1. The topological polar surface area (TPSA) is 43.1 Å². The lowest BCUT2D eigenvalue weighted by atomic mass is 9.63. The van der Waals surface area contributed by atoms with E-state index in [0.717, 1.165) is 37.5 Å². The molecule has 18 heavy (non-hydrogen) atoms. The predicted octanol–water partition coefficient (Wildman–Crippen LogP) is 3.54. The van der Waals surface area contributed by atoms with Crippen LogP contribution in [0.15, 0.2) is 0 Å². The molecule has 2 N–H and O–H groups in total. The van der Waals surface area contributed by atoms with Crippen molar-refractivity contribution < 1.29 is 4.79 Å². The molecule has 0 aliphatic heterocycles. The smallest absolute Gasteiger partial charge is 0.143 e. The average Bonchev–Trinajstić information content (AvgIpc) is 2.40. The number of nitrogens with two attached hydrogens (primary N) is 1. The van der Waals surface area contributed by atoms with Crippen LogP contribution in [0.4, 0.5) is 0 Å². The lowest BCUT2D eigenvalue weighted by molar-refractivity contribution is -0.136. The molecule has 0 spiro atoms. The molecular formula is C16H29NO. The van der Waals surface area contributed by atoms with Crippen LogP contribution in [0.2, 0.25) is 0 Å². The zero-order chi connectivity index (χ0) is 13.2. The first-order chi connectivity index (χ1) is 8.57. The molecule has 0 saturated heterocycles. The lowest BCUT2D eigenvalue weighted by Gasteiger charge is -2.40. The van der Waals surface area contributed by atoms with Crippen LogP contribution in [0.25, 0.3) is 0 Å². The van der Waals surface area contributed by atoms with Gasteiger partial charge in [0.1, 0.15) is 5.78 Å². The van der Waals surface area contributed by atoms with Crippen LogP contribution in [-0.4, -0.2) is 12.3 Å². The van der Waals surface area contributed by atoms with E-state index in [9.17, 15) is 4.79 Å². The highest BCUT2D eigenvalue weighted by molar-refractivity contribution is 5.87. The Bertz CT molecular complexity index is 283. The molecule has 2 aliphatic carbocycles. The van der Waals surface area contributed by atoms with Crippen LogP contribution < -0.4 is 5.73 Å². The highest BCUT2D eigenvalue weighted by Gasteiger charge is 2.43. The molecule has 0 atom stereocenters. The van der Waals surface area contributed by atoms with Gasteiger partial charge >= 0.3 is 0 Å². The summed E-state index contributed by atoms with van der Waals surface area (Å²) in [6.45, 7) is 5.18. The molecule has 2 saturated carbocycles. The third kappa shape index (κ3) is 2.79. The van der Waals surface area contributed by atoms with Crippen molar-refractivity contribution in [2.45, 2.75) is 65.2 Å². The van der Waals surface area contributed by atoms with Crippen molar-refractivity contribution in [2.24, 2.45) is 28.9 Å². The van der Waals surface area contributed by atoms with Crippen molar-refractivity contribution >= 4 is 5.78 Å². The third-order valence-corrected chi connectivity index (χ3v) is 5.53. The molecule has 0 bridgehead atoms. The third-order valence-electron chi connectivity index (χ3n) is 5.53. The Balaban J connectivity index is 2.01. The Kier molecular flexibility index (Phi) is 4.47. The number of Topliss-reactive ketones (excluding diaryl/α,β-unsaturated/α-hetero) is 1. The van der Waals surface area contributed by atoms with Crippen molar-refractivity contribution in [3.05, 3.63) is 0 Å². The van der Waals surface area contributed by atoms with Gasteiger partial charge in [0.05, 0.1) is 0 Å². The minimum absolute atomic E-state index is 0.155. The van der Waals surface area contributed by atoms with Gasteiger partial charge in [0.25, 0.3) is 0 Å². The van der Waals surface area contributed by atoms with Crippen LogP contribution in [0.1, 0.15) is 65.2 Å². The highest BCUT2D eigenvalue weighted by atomic mass is 16.1. The van der Waals surface area contributed by atoms with Gasteiger partial charge < -0.3 is 5.73 Å². The van der Waals surface area contributed by atoms with Gasteiger partial charge in [0.15, 0.2) is 0 Å². The maximum atomic E-state index is 12.8. The van der Waals surface area contributed by atoms with Crippen molar-refractivity contribution in [3.63, 3.8) is 0 Å². The monoisotopic (exact) mass is 251 g/mol. The molecule has 0 radical (unpaired) electrons. The summed E-state index contributed by atoms with van der Waals surface area (Å²) in [5.74, 6) is 2.43. The minimum atomic E-state index is -0.155. The Morgan fingerprint density at radius 3 is 2.00 bits per heavy atom. The summed E-state index contributed by atoms with van der Waals surface area (Å²) in [5.41, 5.74) is 5.84. The van der Waals surface area contributed by atoms with Gasteiger partial charge in [0.2, 0.25) is 0 Å². The van der Waals surface area contributed by atoms with E-state index in [1.165, 1.54) is 25.7 Å². The van der Waals surface area contributed by atoms with Gasteiger partial charge in [-0.15, -0.1) is 0 Å². The number of carbonyl (C=O) groups is 1. The van der Waals surface area contributed by atoms with E-state index in [-0.39, 0.29) is 5.41 Å². The summed E-state index contributed by atoms with van der Waals surface area (Å²) < 4.78 is 0. The van der Waals surface area contributed by atoms with Gasteiger partial charge in [-0.3, -0.25) is 4.79 Å². The van der Waals surface area contributed by atoms with Gasteiger partial charge in [-0.05, 0) is 50.4 Å². The van der Waals surface area contributed by atoms with Gasteiger partial charge in [-0.2, -0.15) is 0 Å². The summed E-state index contributed by atoms with van der Waals surface area (Å²) >= 11 is 0. The fourth-order valence-corrected chi connectivity index (χ4v) is 3.82. The summed E-state index contributed by atoms with van der Waals surface area (Å²) in [5, 5.41) is 0. The number of rotatable bonds is 3. The largest absolute Gasteiger partial charge is 0.329 e. The molecule has 0 aromatic rings. The Morgan fingerprint density at radius 1 is 1.00 bits per heavy atom. The molecule has 104 valence electrons. The van der Waals surface area contributed by atoms with Crippen LogP contribution in [-0.2, 0) is 4.79 Å². The molecule has 2 aliphatic rings. The molecule has 2 rings (SSSR count). The van der Waals surface area contributed by atoms with E-state index in [0.29, 0.717) is 18.2 Å². The number of hydrogen-bond acceptors (Lipinski definition) is 2. The quantitative estimate of drug-likeness (QED) is 0.833. The maximum Gasteiger partial charge on any atom is 0.143 e.